The molecule has 0 aromatic heterocycles. The number of carbonyl (C=O) groups is 1. The van der Waals surface area contributed by atoms with Crippen LogP contribution in [0.5, 0.6) is 0 Å². The summed E-state index contributed by atoms with van der Waals surface area (Å²) in [6, 6.07) is 4.29. The third-order valence-electron chi connectivity index (χ3n) is 2.02. The standard InChI is InChI=1S/C10H13FN2O/c1-13-10(14)5-8-4-9(11)3-2-7(8)6-12/h2-4H,5-6,12H2,1H3,(H,13,14). The highest BCUT2D eigenvalue weighted by Crippen LogP contribution is 2.11. The molecule has 76 valence electrons. The van der Waals surface area contributed by atoms with E-state index in [1.165, 1.54) is 12.1 Å². The molecular formula is C10H13FN2O. The van der Waals surface area contributed by atoms with Crippen LogP contribution in [0.15, 0.2) is 18.2 Å². The normalized spacial score (nSPS) is 9.93. The Morgan fingerprint density at radius 1 is 1.50 bits per heavy atom. The van der Waals surface area contributed by atoms with E-state index in [1.807, 2.05) is 0 Å². The van der Waals surface area contributed by atoms with Crippen LogP contribution >= 0.6 is 0 Å². The third kappa shape index (κ3) is 2.53. The average Bonchev–Trinajstić information content (AvgIpc) is 2.18. The van der Waals surface area contributed by atoms with Gasteiger partial charge in [-0.15, -0.1) is 0 Å². The highest BCUT2D eigenvalue weighted by molar-refractivity contribution is 5.78. The van der Waals surface area contributed by atoms with E-state index < -0.39 is 0 Å². The van der Waals surface area contributed by atoms with Gasteiger partial charge in [0.1, 0.15) is 5.82 Å². The van der Waals surface area contributed by atoms with Gasteiger partial charge in [0.05, 0.1) is 6.42 Å². The Bertz CT molecular complexity index is 339. The molecule has 3 N–H and O–H groups in total. The second-order valence-electron chi connectivity index (χ2n) is 2.97. The zero-order valence-corrected chi connectivity index (χ0v) is 8.01. The van der Waals surface area contributed by atoms with Crippen LogP contribution in [0.1, 0.15) is 11.1 Å². The smallest absolute Gasteiger partial charge is 0.224 e. The molecule has 0 fully saturated rings. The molecule has 0 bridgehead atoms. The second-order valence-corrected chi connectivity index (χ2v) is 2.97. The molecule has 0 aliphatic carbocycles. The van der Waals surface area contributed by atoms with Crippen molar-refractivity contribution in [2.24, 2.45) is 5.73 Å². The number of carbonyl (C=O) groups excluding carboxylic acids is 1. The van der Waals surface area contributed by atoms with E-state index in [2.05, 4.69) is 5.32 Å². The Morgan fingerprint density at radius 3 is 2.79 bits per heavy atom. The molecule has 0 aliphatic heterocycles. The first-order chi connectivity index (χ1) is 6.67. The van der Waals surface area contributed by atoms with Gasteiger partial charge in [0.15, 0.2) is 0 Å². The number of hydrogen-bond donors (Lipinski definition) is 2. The molecule has 1 amide bonds. The van der Waals surface area contributed by atoms with E-state index >= 15 is 0 Å². The van der Waals surface area contributed by atoms with Crippen molar-refractivity contribution < 1.29 is 9.18 Å². The number of hydrogen-bond acceptors (Lipinski definition) is 2. The molecule has 4 heteroatoms. The van der Waals surface area contributed by atoms with Gasteiger partial charge in [-0.3, -0.25) is 4.79 Å². The summed E-state index contributed by atoms with van der Waals surface area (Å²) in [4.78, 5) is 11.1. The summed E-state index contributed by atoms with van der Waals surface area (Å²) in [7, 11) is 1.55. The molecule has 0 unspecified atom stereocenters. The van der Waals surface area contributed by atoms with Crippen molar-refractivity contribution in [2.75, 3.05) is 7.05 Å². The summed E-state index contributed by atoms with van der Waals surface area (Å²) in [6.45, 7) is 0.312. The summed E-state index contributed by atoms with van der Waals surface area (Å²) >= 11 is 0. The van der Waals surface area contributed by atoms with Crippen LogP contribution in [0.2, 0.25) is 0 Å². The lowest BCUT2D eigenvalue weighted by molar-refractivity contribution is -0.119. The number of nitrogens with one attached hydrogen (secondary N) is 1. The van der Waals surface area contributed by atoms with E-state index in [1.54, 1.807) is 13.1 Å². The molecular weight excluding hydrogens is 183 g/mol. The molecule has 1 rings (SSSR count). The molecule has 0 saturated heterocycles. The van der Waals surface area contributed by atoms with Crippen molar-refractivity contribution in [2.45, 2.75) is 13.0 Å². The lowest BCUT2D eigenvalue weighted by Gasteiger charge is -2.06. The minimum absolute atomic E-state index is 0.148. The number of rotatable bonds is 3. The maximum Gasteiger partial charge on any atom is 0.224 e. The van der Waals surface area contributed by atoms with Gasteiger partial charge >= 0.3 is 0 Å². The largest absolute Gasteiger partial charge is 0.359 e. The Labute approximate surface area is 82.1 Å². The van der Waals surface area contributed by atoms with Gasteiger partial charge in [-0.2, -0.15) is 0 Å². The van der Waals surface area contributed by atoms with Crippen LogP contribution in [0.3, 0.4) is 0 Å². The van der Waals surface area contributed by atoms with Crippen LogP contribution in [-0.4, -0.2) is 13.0 Å². The van der Waals surface area contributed by atoms with Gasteiger partial charge < -0.3 is 11.1 Å². The van der Waals surface area contributed by atoms with E-state index in [0.29, 0.717) is 12.1 Å². The lowest BCUT2D eigenvalue weighted by Crippen LogP contribution is -2.21. The van der Waals surface area contributed by atoms with Crippen molar-refractivity contribution >= 4 is 5.91 Å². The van der Waals surface area contributed by atoms with Crippen LogP contribution in [0, 0.1) is 5.82 Å². The average molecular weight is 196 g/mol. The highest BCUT2D eigenvalue weighted by atomic mass is 19.1. The van der Waals surface area contributed by atoms with Gasteiger partial charge in [-0.25, -0.2) is 4.39 Å². The second kappa shape index (κ2) is 4.72. The Morgan fingerprint density at radius 2 is 2.21 bits per heavy atom. The van der Waals surface area contributed by atoms with Gasteiger partial charge in [0.25, 0.3) is 0 Å². The first-order valence-electron chi connectivity index (χ1n) is 4.35. The quantitative estimate of drug-likeness (QED) is 0.742. The molecule has 0 heterocycles. The minimum Gasteiger partial charge on any atom is -0.359 e. The molecule has 0 spiro atoms. The Kier molecular flexibility index (Phi) is 3.59. The van der Waals surface area contributed by atoms with E-state index in [4.69, 9.17) is 5.73 Å². The molecule has 0 radical (unpaired) electrons. The van der Waals surface area contributed by atoms with Crippen LogP contribution in [0.25, 0.3) is 0 Å². The fourth-order valence-corrected chi connectivity index (χ4v) is 1.22. The molecule has 0 atom stereocenters. The maximum absolute atomic E-state index is 12.9. The predicted octanol–water partition coefficient (Wildman–Crippen LogP) is 0.573. The fraction of sp³-hybridized carbons (Fsp3) is 0.300. The summed E-state index contributed by atoms with van der Waals surface area (Å²) in [6.07, 6.45) is 0.167. The minimum atomic E-state index is -0.346. The van der Waals surface area contributed by atoms with Crippen LogP contribution in [0.4, 0.5) is 4.39 Å². The van der Waals surface area contributed by atoms with Crippen molar-refractivity contribution in [1.82, 2.24) is 5.32 Å². The highest BCUT2D eigenvalue weighted by Gasteiger charge is 2.06. The summed E-state index contributed by atoms with van der Waals surface area (Å²) in [5.74, 6) is -0.494. The number of likely N-dealkylation sites (N-methyl/N-ethyl adjacent to an activating group) is 1. The van der Waals surface area contributed by atoms with Gasteiger partial charge in [0, 0.05) is 13.6 Å². The monoisotopic (exact) mass is 196 g/mol. The number of amides is 1. The van der Waals surface area contributed by atoms with Gasteiger partial charge in [-0.05, 0) is 23.3 Å². The zero-order chi connectivity index (χ0) is 10.6. The fourth-order valence-electron chi connectivity index (χ4n) is 1.22. The molecule has 1 aromatic carbocycles. The lowest BCUT2D eigenvalue weighted by atomic mass is 10.0. The van der Waals surface area contributed by atoms with E-state index in [9.17, 15) is 9.18 Å². The topological polar surface area (TPSA) is 55.1 Å². The zero-order valence-electron chi connectivity index (χ0n) is 8.01. The van der Waals surface area contributed by atoms with E-state index in [-0.39, 0.29) is 18.1 Å². The summed E-state index contributed by atoms with van der Waals surface area (Å²) < 4.78 is 12.9. The third-order valence-corrected chi connectivity index (χ3v) is 2.02. The summed E-state index contributed by atoms with van der Waals surface area (Å²) in [5, 5.41) is 2.48. The van der Waals surface area contributed by atoms with E-state index in [0.717, 1.165) is 5.56 Å². The van der Waals surface area contributed by atoms with Crippen molar-refractivity contribution in [3.05, 3.63) is 35.1 Å². The van der Waals surface area contributed by atoms with Crippen molar-refractivity contribution in [3.8, 4) is 0 Å². The van der Waals surface area contributed by atoms with Crippen LogP contribution < -0.4 is 11.1 Å². The molecule has 14 heavy (non-hydrogen) atoms. The molecule has 1 aromatic rings. The molecule has 0 aliphatic rings. The Balaban J connectivity index is 2.93. The number of benzene rings is 1. The van der Waals surface area contributed by atoms with Crippen molar-refractivity contribution in [1.29, 1.82) is 0 Å². The molecule has 3 nitrogen and oxygen atoms in total. The SMILES string of the molecule is CNC(=O)Cc1cc(F)ccc1CN. The number of nitrogens with two attached hydrogens (primary N) is 1. The first-order valence-corrected chi connectivity index (χ1v) is 4.35. The molecule has 0 saturated carbocycles. The van der Waals surface area contributed by atoms with Crippen molar-refractivity contribution in [3.63, 3.8) is 0 Å². The van der Waals surface area contributed by atoms with Crippen LogP contribution in [-0.2, 0) is 17.8 Å². The first kappa shape index (κ1) is 10.7. The Hall–Kier alpha value is -1.42. The maximum atomic E-state index is 12.9. The predicted molar refractivity (Wildman–Crippen MR) is 52.1 cm³/mol. The number of halogens is 1. The van der Waals surface area contributed by atoms with Gasteiger partial charge in [0.2, 0.25) is 5.91 Å². The summed E-state index contributed by atoms with van der Waals surface area (Å²) in [5.41, 5.74) is 6.91. The van der Waals surface area contributed by atoms with Gasteiger partial charge in [-0.1, -0.05) is 6.07 Å².